The lowest BCUT2D eigenvalue weighted by atomic mass is 10.0. The van der Waals surface area contributed by atoms with E-state index in [1.807, 2.05) is 0 Å². The van der Waals surface area contributed by atoms with Crippen molar-refractivity contribution in [1.82, 2.24) is 0 Å². The number of esters is 1. The van der Waals surface area contributed by atoms with Gasteiger partial charge in [0.25, 0.3) is 0 Å². The summed E-state index contributed by atoms with van der Waals surface area (Å²) in [6.07, 6.45) is 0. The molecular formula is C20H14F2N2O4S. The van der Waals surface area contributed by atoms with E-state index in [0.29, 0.717) is 16.2 Å². The highest BCUT2D eigenvalue weighted by Gasteiger charge is 2.36. The van der Waals surface area contributed by atoms with Gasteiger partial charge in [0.1, 0.15) is 22.5 Å². The number of thioether (sulfide) groups is 1. The summed E-state index contributed by atoms with van der Waals surface area (Å²) in [7, 11) is 2.54. The van der Waals surface area contributed by atoms with E-state index in [4.69, 9.17) is 4.74 Å². The van der Waals surface area contributed by atoms with Crippen molar-refractivity contribution in [2.75, 3.05) is 24.9 Å². The number of nitriles is 1. The van der Waals surface area contributed by atoms with Gasteiger partial charge in [-0.05, 0) is 35.4 Å². The number of anilines is 1. The third-order valence-corrected chi connectivity index (χ3v) is 5.20. The first kappa shape index (κ1) is 20.4. The minimum atomic E-state index is -1.02. The molecule has 0 aliphatic carbocycles. The molecule has 0 bridgehead atoms. The van der Waals surface area contributed by atoms with Crippen molar-refractivity contribution >= 4 is 29.3 Å². The van der Waals surface area contributed by atoms with E-state index in [9.17, 15) is 23.6 Å². The van der Waals surface area contributed by atoms with Crippen molar-refractivity contribution in [3.05, 3.63) is 58.6 Å². The van der Waals surface area contributed by atoms with Crippen molar-refractivity contribution < 1.29 is 27.8 Å². The number of carbonyl (C=O) groups is 2. The molecular weight excluding hydrogens is 402 g/mol. The third kappa shape index (κ3) is 3.79. The second kappa shape index (κ2) is 8.32. The highest BCUT2D eigenvalue weighted by atomic mass is 32.2. The Morgan fingerprint density at radius 3 is 2.45 bits per heavy atom. The molecule has 6 nitrogen and oxygen atoms in total. The van der Waals surface area contributed by atoms with Gasteiger partial charge in [-0.1, -0.05) is 23.9 Å². The Kier molecular flexibility index (Phi) is 5.84. The van der Waals surface area contributed by atoms with Crippen molar-refractivity contribution in [2.24, 2.45) is 0 Å². The van der Waals surface area contributed by atoms with Gasteiger partial charge in [-0.2, -0.15) is 5.26 Å². The molecule has 148 valence electrons. The average molecular weight is 416 g/mol. The minimum Gasteiger partial charge on any atom is -0.497 e. The van der Waals surface area contributed by atoms with Gasteiger partial charge in [0.05, 0.1) is 20.0 Å². The van der Waals surface area contributed by atoms with Gasteiger partial charge >= 0.3 is 5.97 Å². The van der Waals surface area contributed by atoms with E-state index in [1.54, 1.807) is 30.3 Å². The molecule has 3 rings (SSSR count). The zero-order valence-corrected chi connectivity index (χ0v) is 16.2. The molecule has 1 aliphatic rings. The van der Waals surface area contributed by atoms with Gasteiger partial charge in [-0.15, -0.1) is 0 Å². The zero-order valence-electron chi connectivity index (χ0n) is 15.4. The number of ether oxygens (including phenoxy) is 2. The molecule has 29 heavy (non-hydrogen) atoms. The highest BCUT2D eigenvalue weighted by Crippen LogP contribution is 2.40. The van der Waals surface area contributed by atoms with Crippen LogP contribution in [-0.4, -0.2) is 31.8 Å². The summed E-state index contributed by atoms with van der Waals surface area (Å²) < 4.78 is 39.5. The second-order valence-corrected chi connectivity index (χ2v) is 6.79. The van der Waals surface area contributed by atoms with E-state index in [2.05, 4.69) is 4.74 Å². The number of benzene rings is 2. The van der Waals surface area contributed by atoms with Crippen molar-refractivity contribution in [3.8, 4) is 22.9 Å². The monoisotopic (exact) mass is 416 g/mol. The van der Waals surface area contributed by atoms with Crippen LogP contribution in [0.5, 0.6) is 5.75 Å². The van der Waals surface area contributed by atoms with Crippen molar-refractivity contribution in [2.45, 2.75) is 0 Å². The lowest BCUT2D eigenvalue weighted by Crippen LogP contribution is -2.27. The van der Waals surface area contributed by atoms with Crippen LogP contribution in [0.3, 0.4) is 0 Å². The number of nitrogens with zero attached hydrogens (tertiary/aromatic N) is 2. The van der Waals surface area contributed by atoms with Crippen LogP contribution < -0.4 is 9.64 Å². The van der Waals surface area contributed by atoms with Gasteiger partial charge in [0.15, 0.2) is 17.2 Å². The van der Waals surface area contributed by atoms with E-state index in [-0.39, 0.29) is 16.3 Å². The Hall–Kier alpha value is -3.38. The quantitative estimate of drug-likeness (QED) is 0.430. The van der Waals surface area contributed by atoms with E-state index < -0.39 is 34.8 Å². The lowest BCUT2D eigenvalue weighted by Gasteiger charge is -2.20. The summed E-state index contributed by atoms with van der Waals surface area (Å²) in [4.78, 5) is 24.9. The zero-order chi connectivity index (χ0) is 21.1. The minimum absolute atomic E-state index is 0.170. The fourth-order valence-electron chi connectivity index (χ4n) is 2.81. The molecule has 0 aromatic heterocycles. The van der Waals surface area contributed by atoms with Gasteiger partial charge in [-0.3, -0.25) is 9.69 Å². The Morgan fingerprint density at radius 1 is 1.17 bits per heavy atom. The predicted molar refractivity (Wildman–Crippen MR) is 103 cm³/mol. The Labute approximate surface area is 169 Å². The van der Waals surface area contributed by atoms with Crippen LogP contribution in [0.25, 0.3) is 11.1 Å². The maximum absolute atomic E-state index is 14.9. The molecule has 0 atom stereocenters. The third-order valence-electron chi connectivity index (χ3n) is 4.14. The Morgan fingerprint density at radius 2 is 1.86 bits per heavy atom. The SMILES string of the molecule is COC(=O)/C(C#N)=C1\SCC(=O)N1c1c(F)cc(-c2cccc(OC)c2)cc1F. The number of hydrogen-bond donors (Lipinski definition) is 0. The van der Waals surface area contributed by atoms with Crippen molar-refractivity contribution in [3.63, 3.8) is 0 Å². The van der Waals surface area contributed by atoms with E-state index >= 15 is 0 Å². The van der Waals surface area contributed by atoms with Gasteiger partial charge in [0, 0.05) is 0 Å². The number of rotatable bonds is 4. The lowest BCUT2D eigenvalue weighted by molar-refractivity contribution is -0.135. The van der Waals surface area contributed by atoms with Crippen LogP contribution in [0, 0.1) is 23.0 Å². The summed E-state index contributed by atoms with van der Waals surface area (Å²) >= 11 is 0.836. The molecule has 0 unspecified atom stereocenters. The largest absolute Gasteiger partial charge is 0.497 e. The smallest absolute Gasteiger partial charge is 0.351 e. The second-order valence-electron chi connectivity index (χ2n) is 5.82. The van der Waals surface area contributed by atoms with Crippen LogP contribution in [-0.2, 0) is 14.3 Å². The molecule has 0 radical (unpaired) electrons. The normalized spacial score (nSPS) is 15.1. The molecule has 1 amide bonds. The van der Waals surface area contributed by atoms with Gasteiger partial charge in [0.2, 0.25) is 5.91 Å². The predicted octanol–water partition coefficient (Wildman–Crippen LogP) is 3.63. The van der Waals surface area contributed by atoms with Crippen LogP contribution in [0.4, 0.5) is 14.5 Å². The maximum atomic E-state index is 14.9. The fraction of sp³-hybridized carbons (Fsp3) is 0.150. The summed E-state index contributed by atoms with van der Waals surface area (Å²) in [5.41, 5.74) is -0.405. The van der Waals surface area contributed by atoms with E-state index in [0.717, 1.165) is 31.0 Å². The fourth-order valence-corrected chi connectivity index (χ4v) is 3.80. The van der Waals surface area contributed by atoms with Crippen LogP contribution in [0.15, 0.2) is 47.0 Å². The molecule has 2 aromatic rings. The number of hydrogen-bond acceptors (Lipinski definition) is 6. The molecule has 2 aromatic carbocycles. The molecule has 0 saturated carbocycles. The van der Waals surface area contributed by atoms with Gasteiger partial charge in [-0.25, -0.2) is 13.6 Å². The molecule has 9 heteroatoms. The molecule has 0 N–H and O–H groups in total. The number of amides is 1. The highest BCUT2D eigenvalue weighted by molar-refractivity contribution is 8.04. The molecule has 1 heterocycles. The molecule has 1 aliphatic heterocycles. The average Bonchev–Trinajstić information content (AvgIpc) is 3.09. The van der Waals surface area contributed by atoms with Crippen LogP contribution in [0.1, 0.15) is 0 Å². The maximum Gasteiger partial charge on any atom is 0.351 e. The summed E-state index contributed by atoms with van der Waals surface area (Å²) in [5, 5.41) is 9.09. The summed E-state index contributed by atoms with van der Waals surface area (Å²) in [6.45, 7) is 0. The Bertz CT molecular complexity index is 1060. The summed E-state index contributed by atoms with van der Waals surface area (Å²) in [5.74, 6) is -3.34. The summed E-state index contributed by atoms with van der Waals surface area (Å²) in [6, 6.07) is 10.4. The molecule has 1 fully saturated rings. The Balaban J connectivity index is 2.13. The van der Waals surface area contributed by atoms with Crippen molar-refractivity contribution in [1.29, 1.82) is 5.26 Å². The standard InChI is InChI=1S/C20H14F2N2O4S/c1-27-13-5-3-4-11(6-13)12-7-15(21)18(16(22)8-12)24-17(25)10-29-19(24)14(9-23)20(26)28-2/h3-8H,10H2,1-2H3/b19-14-. The number of carbonyl (C=O) groups excluding carboxylic acids is 2. The molecule has 1 saturated heterocycles. The van der Waals surface area contributed by atoms with Crippen LogP contribution >= 0.6 is 11.8 Å². The first-order valence-corrected chi connectivity index (χ1v) is 9.21. The van der Waals surface area contributed by atoms with Gasteiger partial charge < -0.3 is 9.47 Å². The van der Waals surface area contributed by atoms with E-state index in [1.165, 1.54) is 7.11 Å². The first-order valence-electron chi connectivity index (χ1n) is 8.23. The first-order chi connectivity index (χ1) is 13.9. The number of halogens is 2. The molecule has 0 spiro atoms. The topological polar surface area (TPSA) is 79.6 Å². The van der Waals surface area contributed by atoms with Crippen LogP contribution in [0.2, 0.25) is 0 Å². The number of methoxy groups -OCH3 is 2.